The molecule has 1 saturated carbocycles. The molecule has 3 nitrogen and oxygen atoms in total. The molecule has 0 bridgehead atoms. The number of aromatic nitrogens is 2. The van der Waals surface area contributed by atoms with E-state index >= 15 is 0 Å². The first-order valence-electron chi connectivity index (χ1n) is 7.05. The second-order valence-corrected chi connectivity index (χ2v) is 5.62. The average molecular weight is 261 g/mol. The molecule has 0 radical (unpaired) electrons. The molecule has 19 heavy (non-hydrogen) atoms. The smallest absolute Gasteiger partial charge is 0.125 e. The number of imidazole rings is 1. The first-order valence-corrected chi connectivity index (χ1v) is 7.05. The molecule has 3 rings (SSSR count). The van der Waals surface area contributed by atoms with Crippen LogP contribution in [0.2, 0.25) is 0 Å². The zero-order valence-corrected chi connectivity index (χ0v) is 11.5. The van der Waals surface area contributed by atoms with Gasteiger partial charge < -0.3 is 9.88 Å². The number of fused-ring (bicyclic) bond motifs is 1. The molecule has 1 aromatic heterocycles. The molecule has 1 N–H and O–H groups in total. The van der Waals surface area contributed by atoms with Gasteiger partial charge in [0.15, 0.2) is 0 Å². The number of benzene rings is 1. The number of hydrogen-bond acceptors (Lipinski definition) is 2. The van der Waals surface area contributed by atoms with Crippen LogP contribution in [-0.2, 0) is 6.42 Å². The maximum atomic E-state index is 13.4. The van der Waals surface area contributed by atoms with Crippen LogP contribution in [0, 0.1) is 5.82 Å². The van der Waals surface area contributed by atoms with Crippen molar-refractivity contribution in [3.8, 4) is 0 Å². The van der Waals surface area contributed by atoms with E-state index in [2.05, 4.69) is 28.7 Å². The normalized spacial score (nSPS) is 15.6. The number of halogens is 1. The lowest BCUT2D eigenvalue weighted by molar-refractivity contribution is 0.571. The fourth-order valence-electron chi connectivity index (χ4n) is 2.51. The first-order chi connectivity index (χ1) is 9.15. The van der Waals surface area contributed by atoms with E-state index in [-0.39, 0.29) is 5.82 Å². The summed E-state index contributed by atoms with van der Waals surface area (Å²) in [5.74, 6) is 0.900. The molecule has 1 aromatic carbocycles. The molecule has 0 atom stereocenters. The zero-order valence-electron chi connectivity index (χ0n) is 11.5. The van der Waals surface area contributed by atoms with Gasteiger partial charge in [-0.1, -0.05) is 13.8 Å². The molecule has 1 aliphatic carbocycles. The molecule has 1 aliphatic rings. The highest BCUT2D eigenvalue weighted by molar-refractivity contribution is 5.76. The Bertz CT molecular complexity index is 584. The fourth-order valence-corrected chi connectivity index (χ4v) is 2.51. The lowest BCUT2D eigenvalue weighted by Gasteiger charge is -2.10. The van der Waals surface area contributed by atoms with E-state index in [0.717, 1.165) is 29.8 Å². The van der Waals surface area contributed by atoms with Crippen molar-refractivity contribution in [3.63, 3.8) is 0 Å². The van der Waals surface area contributed by atoms with Gasteiger partial charge in [0.25, 0.3) is 0 Å². The summed E-state index contributed by atoms with van der Waals surface area (Å²) in [4.78, 5) is 4.67. The van der Waals surface area contributed by atoms with E-state index in [0.29, 0.717) is 12.1 Å². The van der Waals surface area contributed by atoms with E-state index in [9.17, 15) is 4.39 Å². The largest absolute Gasteiger partial charge is 0.325 e. The predicted molar refractivity (Wildman–Crippen MR) is 74.8 cm³/mol. The van der Waals surface area contributed by atoms with Crippen LogP contribution in [0.25, 0.3) is 11.0 Å². The maximum Gasteiger partial charge on any atom is 0.125 e. The molecule has 0 amide bonds. The van der Waals surface area contributed by atoms with Gasteiger partial charge in [0.05, 0.1) is 11.0 Å². The summed E-state index contributed by atoms with van der Waals surface area (Å²) < 4.78 is 15.7. The van der Waals surface area contributed by atoms with E-state index in [1.807, 2.05) is 0 Å². The fraction of sp³-hybridized carbons (Fsp3) is 0.533. The van der Waals surface area contributed by atoms with Gasteiger partial charge in [0.1, 0.15) is 11.6 Å². The SMILES string of the molecule is CC(C)NCCc1nc2ccc(F)cc2n1C1CC1. The van der Waals surface area contributed by atoms with Crippen LogP contribution >= 0.6 is 0 Å². The minimum Gasteiger partial charge on any atom is -0.325 e. The van der Waals surface area contributed by atoms with Gasteiger partial charge in [0, 0.05) is 25.0 Å². The van der Waals surface area contributed by atoms with Crippen LogP contribution in [0.4, 0.5) is 4.39 Å². The first kappa shape index (κ1) is 12.6. The number of hydrogen-bond donors (Lipinski definition) is 1. The Labute approximate surface area is 112 Å². The Kier molecular flexibility index (Phi) is 3.27. The van der Waals surface area contributed by atoms with Crippen LogP contribution in [0.15, 0.2) is 18.2 Å². The second-order valence-electron chi connectivity index (χ2n) is 5.62. The number of nitrogens with one attached hydrogen (secondary N) is 1. The molecule has 0 unspecified atom stereocenters. The van der Waals surface area contributed by atoms with Gasteiger partial charge in [-0.3, -0.25) is 0 Å². The van der Waals surface area contributed by atoms with Crippen molar-refractivity contribution in [2.75, 3.05) is 6.54 Å². The van der Waals surface area contributed by atoms with Gasteiger partial charge in [-0.05, 0) is 31.0 Å². The summed E-state index contributed by atoms with van der Waals surface area (Å²) in [5, 5.41) is 3.41. The van der Waals surface area contributed by atoms with Crippen molar-refractivity contribution >= 4 is 11.0 Å². The van der Waals surface area contributed by atoms with Crippen LogP contribution < -0.4 is 5.32 Å². The topological polar surface area (TPSA) is 29.9 Å². The van der Waals surface area contributed by atoms with E-state index < -0.39 is 0 Å². The van der Waals surface area contributed by atoms with Crippen LogP contribution in [0.5, 0.6) is 0 Å². The molecule has 102 valence electrons. The highest BCUT2D eigenvalue weighted by Gasteiger charge is 2.28. The van der Waals surface area contributed by atoms with Crippen LogP contribution in [-0.4, -0.2) is 22.1 Å². The highest BCUT2D eigenvalue weighted by Crippen LogP contribution is 2.38. The van der Waals surface area contributed by atoms with Crippen molar-refractivity contribution in [2.24, 2.45) is 0 Å². The summed E-state index contributed by atoms with van der Waals surface area (Å²) in [5.41, 5.74) is 1.86. The van der Waals surface area contributed by atoms with Crippen molar-refractivity contribution < 1.29 is 4.39 Å². The minimum atomic E-state index is -0.179. The van der Waals surface area contributed by atoms with E-state index in [4.69, 9.17) is 0 Å². The predicted octanol–water partition coefficient (Wildman–Crippen LogP) is 3.05. The van der Waals surface area contributed by atoms with Crippen molar-refractivity contribution in [2.45, 2.75) is 45.2 Å². The molecule has 1 heterocycles. The van der Waals surface area contributed by atoms with Crippen LogP contribution in [0.3, 0.4) is 0 Å². The monoisotopic (exact) mass is 261 g/mol. The van der Waals surface area contributed by atoms with E-state index in [1.165, 1.54) is 18.9 Å². The summed E-state index contributed by atoms with van der Waals surface area (Å²) >= 11 is 0. The van der Waals surface area contributed by atoms with Gasteiger partial charge in [-0.15, -0.1) is 0 Å². The number of rotatable bonds is 5. The minimum absolute atomic E-state index is 0.179. The second kappa shape index (κ2) is 4.93. The third-order valence-electron chi connectivity index (χ3n) is 3.54. The quantitative estimate of drug-likeness (QED) is 0.896. The van der Waals surface area contributed by atoms with E-state index in [1.54, 1.807) is 12.1 Å². The summed E-state index contributed by atoms with van der Waals surface area (Å²) in [6, 6.07) is 5.89. The lowest BCUT2D eigenvalue weighted by Crippen LogP contribution is -2.25. The Morgan fingerprint density at radius 1 is 1.42 bits per heavy atom. The highest BCUT2D eigenvalue weighted by atomic mass is 19.1. The van der Waals surface area contributed by atoms with Gasteiger partial charge in [-0.25, -0.2) is 9.37 Å². The van der Waals surface area contributed by atoms with Crippen molar-refractivity contribution in [3.05, 3.63) is 29.8 Å². The van der Waals surface area contributed by atoms with Crippen molar-refractivity contribution in [1.82, 2.24) is 14.9 Å². The Morgan fingerprint density at radius 3 is 2.89 bits per heavy atom. The van der Waals surface area contributed by atoms with Gasteiger partial charge in [0.2, 0.25) is 0 Å². The molecule has 1 fully saturated rings. The summed E-state index contributed by atoms with van der Waals surface area (Å²) in [7, 11) is 0. The molecule has 0 aliphatic heterocycles. The summed E-state index contributed by atoms with van der Waals surface area (Å²) in [6.45, 7) is 5.19. The third kappa shape index (κ3) is 2.63. The average Bonchev–Trinajstić information content (AvgIpc) is 3.11. The molecule has 0 saturated heterocycles. The third-order valence-corrected chi connectivity index (χ3v) is 3.54. The Balaban J connectivity index is 1.91. The molecule has 4 heteroatoms. The maximum absolute atomic E-state index is 13.4. The number of nitrogens with zero attached hydrogens (tertiary/aromatic N) is 2. The molecule has 0 spiro atoms. The standard InChI is InChI=1S/C15H20FN3/c1-10(2)17-8-7-15-18-13-6-3-11(16)9-14(13)19(15)12-4-5-12/h3,6,9-10,12,17H,4-5,7-8H2,1-2H3. The van der Waals surface area contributed by atoms with Crippen molar-refractivity contribution in [1.29, 1.82) is 0 Å². The summed E-state index contributed by atoms with van der Waals surface area (Å²) in [6.07, 6.45) is 3.27. The zero-order chi connectivity index (χ0) is 13.4. The molecular weight excluding hydrogens is 241 g/mol. The molecule has 2 aromatic rings. The lowest BCUT2D eigenvalue weighted by atomic mass is 10.3. The van der Waals surface area contributed by atoms with Gasteiger partial charge in [-0.2, -0.15) is 0 Å². The molecular formula is C15H20FN3. The Hall–Kier alpha value is -1.42. The van der Waals surface area contributed by atoms with Crippen LogP contribution in [0.1, 0.15) is 38.6 Å². The Morgan fingerprint density at radius 2 is 2.21 bits per heavy atom. The van der Waals surface area contributed by atoms with Gasteiger partial charge >= 0.3 is 0 Å².